The van der Waals surface area contributed by atoms with E-state index in [1.807, 2.05) is 31.2 Å². The number of nitrogens with one attached hydrogen (secondary N) is 1. The summed E-state index contributed by atoms with van der Waals surface area (Å²) in [5, 5.41) is 3.30. The summed E-state index contributed by atoms with van der Waals surface area (Å²) >= 11 is 0. The van der Waals surface area contributed by atoms with Crippen molar-refractivity contribution in [3.8, 4) is 5.75 Å². The summed E-state index contributed by atoms with van der Waals surface area (Å²) in [4.78, 5) is 0. The van der Waals surface area contributed by atoms with Gasteiger partial charge in [0, 0.05) is 17.9 Å². The normalized spacial score (nSPS) is 13.3. The number of benzene rings is 1. The zero-order valence-electron chi connectivity index (χ0n) is 11.1. The third-order valence-electron chi connectivity index (χ3n) is 2.75. The van der Waals surface area contributed by atoms with Gasteiger partial charge in [0.05, 0.1) is 12.9 Å². The second-order valence-electron chi connectivity index (χ2n) is 4.40. The molecule has 0 bridgehead atoms. The Morgan fingerprint density at radius 3 is 2.61 bits per heavy atom. The van der Waals surface area contributed by atoms with Crippen LogP contribution in [0.2, 0.25) is 0 Å². The lowest BCUT2D eigenvalue weighted by atomic mass is 10.1. The predicted molar refractivity (Wildman–Crippen MR) is 73.7 cm³/mol. The topological polar surface area (TPSA) is 55.4 Å². The van der Waals surface area contributed by atoms with E-state index in [1.54, 1.807) is 7.11 Å². The molecule has 0 aliphatic heterocycles. The van der Waals surface area contributed by atoms with Crippen LogP contribution in [0.25, 0.3) is 0 Å². The molecule has 0 aromatic heterocycles. The average molecular weight is 271 g/mol. The van der Waals surface area contributed by atoms with Crippen molar-refractivity contribution in [2.45, 2.75) is 19.4 Å². The molecule has 18 heavy (non-hydrogen) atoms. The summed E-state index contributed by atoms with van der Waals surface area (Å²) in [6.07, 6.45) is 1.88. The number of sulfone groups is 1. The average Bonchev–Trinajstić information content (AvgIpc) is 2.33. The summed E-state index contributed by atoms with van der Waals surface area (Å²) in [5.74, 6) is 1.07. The zero-order chi connectivity index (χ0) is 13.6. The van der Waals surface area contributed by atoms with E-state index in [9.17, 15) is 8.42 Å². The molecule has 0 unspecified atom stereocenters. The standard InChI is InChI=1S/C13H21NO3S/c1-11(14-9-6-10-18(3,15)16)12-7-4-5-8-13(12)17-2/h4-5,7-8,11,14H,6,9-10H2,1-3H3/t11-/m1/s1. The van der Waals surface area contributed by atoms with Gasteiger partial charge in [-0.3, -0.25) is 0 Å². The summed E-state index contributed by atoms with van der Waals surface area (Å²) in [7, 11) is -1.22. The Bertz CT molecular complexity index is 471. The van der Waals surface area contributed by atoms with Crippen LogP contribution in [0.15, 0.2) is 24.3 Å². The Balaban J connectivity index is 2.48. The van der Waals surface area contributed by atoms with Gasteiger partial charge in [0.1, 0.15) is 15.6 Å². The van der Waals surface area contributed by atoms with Gasteiger partial charge in [-0.25, -0.2) is 8.42 Å². The predicted octanol–water partition coefficient (Wildman–Crippen LogP) is 1.78. The summed E-state index contributed by atoms with van der Waals surface area (Å²) in [5.41, 5.74) is 1.08. The highest BCUT2D eigenvalue weighted by Gasteiger charge is 2.10. The minimum Gasteiger partial charge on any atom is -0.496 e. The molecule has 0 heterocycles. The first kappa shape index (κ1) is 15.0. The highest BCUT2D eigenvalue weighted by atomic mass is 32.2. The van der Waals surface area contributed by atoms with Gasteiger partial charge < -0.3 is 10.1 Å². The van der Waals surface area contributed by atoms with E-state index in [0.717, 1.165) is 11.3 Å². The first-order valence-electron chi connectivity index (χ1n) is 5.98. The smallest absolute Gasteiger partial charge is 0.147 e. The fourth-order valence-electron chi connectivity index (χ4n) is 1.79. The van der Waals surface area contributed by atoms with Crippen LogP contribution in [0.4, 0.5) is 0 Å². The van der Waals surface area contributed by atoms with E-state index in [4.69, 9.17) is 4.74 Å². The molecule has 1 N–H and O–H groups in total. The second-order valence-corrected chi connectivity index (χ2v) is 6.66. The van der Waals surface area contributed by atoms with Gasteiger partial charge in [-0.1, -0.05) is 18.2 Å². The van der Waals surface area contributed by atoms with Crippen LogP contribution >= 0.6 is 0 Å². The summed E-state index contributed by atoms with van der Waals surface area (Å²) in [6.45, 7) is 2.71. The summed E-state index contributed by atoms with van der Waals surface area (Å²) in [6, 6.07) is 7.96. The minimum atomic E-state index is -2.86. The van der Waals surface area contributed by atoms with Crippen molar-refractivity contribution in [2.24, 2.45) is 0 Å². The van der Waals surface area contributed by atoms with E-state index < -0.39 is 9.84 Å². The fraction of sp³-hybridized carbons (Fsp3) is 0.538. The number of methoxy groups -OCH3 is 1. The van der Waals surface area contributed by atoms with Crippen LogP contribution in [-0.2, 0) is 9.84 Å². The first-order valence-corrected chi connectivity index (χ1v) is 8.04. The molecule has 0 fully saturated rings. The van der Waals surface area contributed by atoms with Crippen molar-refractivity contribution in [2.75, 3.05) is 25.7 Å². The van der Waals surface area contributed by atoms with Crippen molar-refractivity contribution < 1.29 is 13.2 Å². The van der Waals surface area contributed by atoms with Gasteiger partial charge in [0.15, 0.2) is 0 Å². The van der Waals surface area contributed by atoms with Crippen LogP contribution in [-0.4, -0.2) is 34.1 Å². The van der Waals surface area contributed by atoms with E-state index in [0.29, 0.717) is 13.0 Å². The number of hydrogen-bond donors (Lipinski definition) is 1. The molecule has 102 valence electrons. The van der Waals surface area contributed by atoms with E-state index in [-0.39, 0.29) is 11.8 Å². The lowest BCUT2D eigenvalue weighted by Gasteiger charge is -2.17. The van der Waals surface area contributed by atoms with Crippen LogP contribution in [0, 0.1) is 0 Å². The van der Waals surface area contributed by atoms with E-state index >= 15 is 0 Å². The third kappa shape index (κ3) is 5.06. The zero-order valence-corrected chi connectivity index (χ0v) is 12.0. The molecule has 0 spiro atoms. The Morgan fingerprint density at radius 1 is 1.33 bits per heavy atom. The maximum absolute atomic E-state index is 11.0. The van der Waals surface area contributed by atoms with Crippen LogP contribution in [0.5, 0.6) is 5.75 Å². The molecular formula is C13H21NO3S. The lowest BCUT2D eigenvalue weighted by molar-refractivity contribution is 0.401. The number of rotatable bonds is 7. The maximum Gasteiger partial charge on any atom is 0.147 e. The van der Waals surface area contributed by atoms with Crippen molar-refractivity contribution >= 4 is 9.84 Å². The van der Waals surface area contributed by atoms with Crippen molar-refractivity contribution in [1.29, 1.82) is 0 Å². The van der Waals surface area contributed by atoms with Gasteiger partial charge >= 0.3 is 0 Å². The third-order valence-corrected chi connectivity index (χ3v) is 3.78. The number of hydrogen-bond acceptors (Lipinski definition) is 4. The van der Waals surface area contributed by atoms with Gasteiger partial charge in [-0.15, -0.1) is 0 Å². The van der Waals surface area contributed by atoms with Gasteiger partial charge in [-0.2, -0.15) is 0 Å². The second kappa shape index (κ2) is 6.75. The molecule has 1 rings (SSSR count). The minimum absolute atomic E-state index is 0.140. The first-order chi connectivity index (χ1) is 8.44. The van der Waals surface area contributed by atoms with Crippen molar-refractivity contribution in [3.05, 3.63) is 29.8 Å². The fourth-order valence-corrected chi connectivity index (χ4v) is 2.46. The highest BCUT2D eigenvalue weighted by molar-refractivity contribution is 7.90. The Morgan fingerprint density at radius 2 is 2.00 bits per heavy atom. The molecule has 0 radical (unpaired) electrons. The molecule has 0 aliphatic carbocycles. The largest absolute Gasteiger partial charge is 0.496 e. The molecule has 1 atom stereocenters. The van der Waals surface area contributed by atoms with Crippen LogP contribution in [0.1, 0.15) is 24.9 Å². The highest BCUT2D eigenvalue weighted by Crippen LogP contribution is 2.23. The quantitative estimate of drug-likeness (QED) is 0.768. The number of ether oxygens (including phenoxy) is 1. The molecule has 0 saturated carbocycles. The molecule has 0 saturated heterocycles. The van der Waals surface area contributed by atoms with Gasteiger partial charge in [-0.05, 0) is 26.0 Å². The molecule has 1 aromatic carbocycles. The monoisotopic (exact) mass is 271 g/mol. The van der Waals surface area contributed by atoms with E-state index in [2.05, 4.69) is 5.32 Å². The summed E-state index contributed by atoms with van der Waals surface area (Å²) < 4.78 is 27.3. The molecular weight excluding hydrogens is 250 g/mol. The Labute approximate surface area is 109 Å². The van der Waals surface area contributed by atoms with E-state index in [1.165, 1.54) is 6.26 Å². The maximum atomic E-state index is 11.0. The van der Waals surface area contributed by atoms with Gasteiger partial charge in [0.25, 0.3) is 0 Å². The molecule has 5 heteroatoms. The van der Waals surface area contributed by atoms with Crippen LogP contribution < -0.4 is 10.1 Å². The Kier molecular flexibility index (Phi) is 5.62. The van der Waals surface area contributed by atoms with Crippen molar-refractivity contribution in [1.82, 2.24) is 5.32 Å². The molecule has 4 nitrogen and oxygen atoms in total. The molecule has 1 aromatic rings. The SMILES string of the molecule is COc1ccccc1[C@@H](C)NCCCS(C)(=O)=O. The van der Waals surface area contributed by atoms with Crippen LogP contribution in [0.3, 0.4) is 0 Å². The lowest BCUT2D eigenvalue weighted by Crippen LogP contribution is -2.22. The molecule has 0 amide bonds. The number of para-hydroxylation sites is 1. The molecule has 0 aliphatic rings. The van der Waals surface area contributed by atoms with Crippen molar-refractivity contribution in [3.63, 3.8) is 0 Å². The van der Waals surface area contributed by atoms with Gasteiger partial charge in [0.2, 0.25) is 0 Å². The Hall–Kier alpha value is -1.07.